The molecule has 0 amide bonds. The lowest BCUT2D eigenvalue weighted by Gasteiger charge is -2.23. The normalized spacial score (nSPS) is 20.9. The molecule has 0 spiro atoms. The molecule has 3 rings (SSSR count). The molecular formula is C12H12BrClN2O. The Morgan fingerprint density at radius 2 is 2.29 bits per heavy atom. The van der Waals surface area contributed by atoms with E-state index in [4.69, 9.17) is 16.3 Å². The maximum atomic E-state index is 6.19. The molecule has 1 fully saturated rings. The standard InChI is InChI=1S/C12H12BrClN2O/c13-12-11-8(14)4-3-5-9(11)16(15-12)10-6-1-2-7-17-10/h3-5,10H,1-2,6-7H2. The highest BCUT2D eigenvalue weighted by Gasteiger charge is 2.21. The van der Waals surface area contributed by atoms with Gasteiger partial charge in [-0.05, 0) is 47.3 Å². The van der Waals surface area contributed by atoms with Crippen molar-refractivity contribution in [2.75, 3.05) is 6.61 Å². The molecule has 5 heteroatoms. The number of rotatable bonds is 1. The summed E-state index contributed by atoms with van der Waals surface area (Å²) in [6, 6.07) is 5.84. The molecule has 17 heavy (non-hydrogen) atoms. The average Bonchev–Trinajstić information content (AvgIpc) is 2.69. The molecule has 1 unspecified atom stereocenters. The molecule has 1 aromatic carbocycles. The Labute approximate surface area is 113 Å². The van der Waals surface area contributed by atoms with Crippen LogP contribution in [-0.2, 0) is 4.74 Å². The predicted octanol–water partition coefficient (Wildman–Crippen LogP) is 4.15. The lowest BCUT2D eigenvalue weighted by molar-refractivity contribution is -0.0368. The van der Waals surface area contributed by atoms with Crippen LogP contribution < -0.4 is 0 Å². The van der Waals surface area contributed by atoms with Crippen molar-refractivity contribution in [3.05, 3.63) is 27.8 Å². The van der Waals surface area contributed by atoms with Crippen LogP contribution in [0.3, 0.4) is 0 Å². The van der Waals surface area contributed by atoms with Gasteiger partial charge in [0.1, 0.15) is 4.60 Å². The van der Waals surface area contributed by atoms with Gasteiger partial charge in [0.15, 0.2) is 6.23 Å². The van der Waals surface area contributed by atoms with Gasteiger partial charge in [-0.1, -0.05) is 17.7 Å². The fourth-order valence-corrected chi connectivity index (χ4v) is 3.20. The largest absolute Gasteiger partial charge is 0.356 e. The fourth-order valence-electron chi connectivity index (χ4n) is 2.24. The van der Waals surface area contributed by atoms with Gasteiger partial charge in [-0.2, -0.15) is 5.10 Å². The number of halogens is 2. The summed E-state index contributed by atoms with van der Waals surface area (Å²) in [5.74, 6) is 0. The molecule has 90 valence electrons. The Balaban J connectivity index is 2.13. The van der Waals surface area contributed by atoms with Crippen LogP contribution in [0.4, 0.5) is 0 Å². The van der Waals surface area contributed by atoms with Gasteiger partial charge in [0.05, 0.1) is 15.9 Å². The van der Waals surface area contributed by atoms with Gasteiger partial charge in [-0.15, -0.1) is 0 Å². The summed E-state index contributed by atoms with van der Waals surface area (Å²) in [5, 5.41) is 6.18. The van der Waals surface area contributed by atoms with E-state index in [9.17, 15) is 0 Å². The van der Waals surface area contributed by atoms with Crippen LogP contribution in [0, 0.1) is 0 Å². The van der Waals surface area contributed by atoms with E-state index in [1.165, 1.54) is 6.42 Å². The monoisotopic (exact) mass is 314 g/mol. The summed E-state index contributed by atoms with van der Waals surface area (Å²) in [4.78, 5) is 0. The smallest absolute Gasteiger partial charge is 0.150 e. The van der Waals surface area contributed by atoms with Crippen LogP contribution in [0.5, 0.6) is 0 Å². The first kappa shape index (κ1) is 11.5. The number of nitrogens with zero attached hydrogens (tertiary/aromatic N) is 2. The molecule has 2 aromatic rings. The van der Waals surface area contributed by atoms with Gasteiger partial charge in [0.25, 0.3) is 0 Å². The second kappa shape index (κ2) is 4.59. The van der Waals surface area contributed by atoms with Crippen molar-refractivity contribution in [3.8, 4) is 0 Å². The molecule has 0 bridgehead atoms. The van der Waals surface area contributed by atoms with E-state index in [0.29, 0.717) is 0 Å². The summed E-state index contributed by atoms with van der Waals surface area (Å²) < 4.78 is 8.48. The van der Waals surface area contributed by atoms with Crippen molar-refractivity contribution >= 4 is 38.4 Å². The van der Waals surface area contributed by atoms with Gasteiger partial charge in [-0.3, -0.25) is 0 Å². The minimum atomic E-state index is 0.0380. The van der Waals surface area contributed by atoms with Crippen LogP contribution in [0.1, 0.15) is 25.5 Å². The minimum Gasteiger partial charge on any atom is -0.356 e. The van der Waals surface area contributed by atoms with E-state index in [1.54, 1.807) is 0 Å². The highest BCUT2D eigenvalue weighted by Crippen LogP contribution is 2.33. The summed E-state index contributed by atoms with van der Waals surface area (Å²) in [6.07, 6.45) is 3.37. The maximum absolute atomic E-state index is 6.19. The molecular weight excluding hydrogens is 304 g/mol. The summed E-state index contributed by atoms with van der Waals surface area (Å²) >= 11 is 9.65. The van der Waals surface area contributed by atoms with Crippen molar-refractivity contribution in [2.45, 2.75) is 25.5 Å². The SMILES string of the molecule is Clc1cccc2c1c(Br)nn2C1CCCCO1. The van der Waals surface area contributed by atoms with Gasteiger partial charge in [0.2, 0.25) is 0 Å². The second-order valence-electron chi connectivity index (χ2n) is 4.19. The van der Waals surface area contributed by atoms with E-state index in [0.717, 1.165) is 40.0 Å². The Morgan fingerprint density at radius 1 is 1.41 bits per heavy atom. The highest BCUT2D eigenvalue weighted by atomic mass is 79.9. The van der Waals surface area contributed by atoms with Crippen LogP contribution in [0.25, 0.3) is 10.9 Å². The maximum Gasteiger partial charge on any atom is 0.150 e. The Kier molecular flexibility index (Phi) is 3.11. The number of benzene rings is 1. The Hall–Kier alpha value is -0.580. The molecule has 1 aromatic heterocycles. The third-order valence-electron chi connectivity index (χ3n) is 3.07. The van der Waals surface area contributed by atoms with Crippen LogP contribution in [0.2, 0.25) is 5.02 Å². The average molecular weight is 316 g/mol. The molecule has 3 nitrogen and oxygen atoms in total. The first-order valence-electron chi connectivity index (χ1n) is 5.71. The fraction of sp³-hybridized carbons (Fsp3) is 0.417. The molecule has 0 N–H and O–H groups in total. The van der Waals surface area contributed by atoms with Crippen molar-refractivity contribution in [1.82, 2.24) is 9.78 Å². The Morgan fingerprint density at radius 3 is 3.06 bits per heavy atom. The summed E-state index contributed by atoms with van der Waals surface area (Å²) in [5.41, 5.74) is 1.02. The topological polar surface area (TPSA) is 27.1 Å². The molecule has 1 aliphatic rings. The molecule has 2 heterocycles. The van der Waals surface area contributed by atoms with E-state index in [-0.39, 0.29) is 6.23 Å². The number of hydrogen-bond donors (Lipinski definition) is 0. The zero-order valence-electron chi connectivity index (χ0n) is 9.20. The van der Waals surface area contributed by atoms with Crippen LogP contribution >= 0.6 is 27.5 Å². The number of hydrogen-bond acceptors (Lipinski definition) is 2. The zero-order valence-corrected chi connectivity index (χ0v) is 11.5. The lowest BCUT2D eigenvalue weighted by Crippen LogP contribution is -2.19. The minimum absolute atomic E-state index is 0.0380. The van der Waals surface area contributed by atoms with E-state index in [2.05, 4.69) is 21.0 Å². The molecule has 1 aliphatic heterocycles. The summed E-state index contributed by atoms with van der Waals surface area (Å²) in [6.45, 7) is 0.810. The van der Waals surface area contributed by atoms with E-state index < -0.39 is 0 Å². The third-order valence-corrected chi connectivity index (χ3v) is 3.94. The molecule has 0 radical (unpaired) electrons. The number of fused-ring (bicyclic) bond motifs is 1. The van der Waals surface area contributed by atoms with Crippen molar-refractivity contribution in [2.24, 2.45) is 0 Å². The summed E-state index contributed by atoms with van der Waals surface area (Å²) in [7, 11) is 0. The highest BCUT2D eigenvalue weighted by molar-refractivity contribution is 9.10. The Bertz CT molecular complexity index is 549. The van der Waals surface area contributed by atoms with E-state index in [1.807, 2.05) is 22.9 Å². The van der Waals surface area contributed by atoms with Gasteiger partial charge in [0, 0.05) is 6.61 Å². The predicted molar refractivity (Wildman–Crippen MR) is 71.3 cm³/mol. The zero-order chi connectivity index (χ0) is 11.8. The van der Waals surface area contributed by atoms with E-state index >= 15 is 0 Å². The van der Waals surface area contributed by atoms with Crippen LogP contribution in [-0.4, -0.2) is 16.4 Å². The molecule has 0 saturated carbocycles. The first-order valence-corrected chi connectivity index (χ1v) is 6.88. The number of ether oxygens (including phenoxy) is 1. The third kappa shape index (κ3) is 1.98. The van der Waals surface area contributed by atoms with Crippen molar-refractivity contribution < 1.29 is 4.74 Å². The van der Waals surface area contributed by atoms with Gasteiger partial charge >= 0.3 is 0 Å². The quantitative estimate of drug-likeness (QED) is 0.790. The first-order chi connectivity index (χ1) is 8.27. The molecule has 1 saturated heterocycles. The second-order valence-corrected chi connectivity index (χ2v) is 5.35. The molecule has 1 atom stereocenters. The van der Waals surface area contributed by atoms with Crippen LogP contribution in [0.15, 0.2) is 22.8 Å². The van der Waals surface area contributed by atoms with Gasteiger partial charge < -0.3 is 4.74 Å². The van der Waals surface area contributed by atoms with Crippen molar-refractivity contribution in [1.29, 1.82) is 0 Å². The lowest BCUT2D eigenvalue weighted by atomic mass is 10.2. The molecule has 0 aliphatic carbocycles. The number of aromatic nitrogens is 2. The van der Waals surface area contributed by atoms with Crippen molar-refractivity contribution in [3.63, 3.8) is 0 Å². The van der Waals surface area contributed by atoms with Gasteiger partial charge in [-0.25, -0.2) is 4.68 Å².